The SMILES string of the molecule is CCC(NC(=O)NCC1CCCC(O)C1)c1ccc(C)cc1. The molecular formula is C18H28N2O2. The minimum atomic E-state index is -0.195. The summed E-state index contributed by atoms with van der Waals surface area (Å²) in [6.45, 7) is 4.78. The van der Waals surface area contributed by atoms with Crippen LogP contribution in [0.4, 0.5) is 4.79 Å². The van der Waals surface area contributed by atoms with Crippen molar-refractivity contribution in [1.82, 2.24) is 10.6 Å². The van der Waals surface area contributed by atoms with Crippen LogP contribution in [0.5, 0.6) is 0 Å². The lowest BCUT2D eigenvalue weighted by Gasteiger charge is -2.26. The van der Waals surface area contributed by atoms with E-state index in [1.807, 2.05) is 0 Å². The van der Waals surface area contributed by atoms with Crippen LogP contribution in [0.3, 0.4) is 0 Å². The molecule has 1 aromatic carbocycles. The number of rotatable bonds is 5. The standard InChI is InChI=1S/C18H28N2O2/c1-3-17(15-9-7-13(2)8-10-15)20-18(22)19-12-14-5-4-6-16(21)11-14/h7-10,14,16-17,21H,3-6,11-12H2,1-2H3,(H2,19,20,22). The smallest absolute Gasteiger partial charge is 0.315 e. The molecule has 3 unspecified atom stereocenters. The largest absolute Gasteiger partial charge is 0.393 e. The number of benzene rings is 1. The second-order valence-electron chi connectivity index (χ2n) is 6.41. The summed E-state index contributed by atoms with van der Waals surface area (Å²) >= 11 is 0. The Morgan fingerprint density at radius 1 is 1.32 bits per heavy atom. The van der Waals surface area contributed by atoms with Crippen LogP contribution in [0, 0.1) is 12.8 Å². The molecule has 1 aromatic rings. The van der Waals surface area contributed by atoms with Crippen molar-refractivity contribution in [2.24, 2.45) is 5.92 Å². The minimum absolute atomic E-state index is 0.0394. The molecule has 0 aromatic heterocycles. The summed E-state index contributed by atoms with van der Waals surface area (Å²) in [5.41, 5.74) is 2.36. The molecule has 0 bridgehead atoms. The zero-order valence-electron chi connectivity index (χ0n) is 13.6. The predicted octanol–water partition coefficient (Wildman–Crippen LogP) is 3.30. The maximum atomic E-state index is 12.1. The maximum absolute atomic E-state index is 12.1. The fourth-order valence-corrected chi connectivity index (χ4v) is 3.11. The quantitative estimate of drug-likeness (QED) is 0.781. The highest BCUT2D eigenvalue weighted by atomic mass is 16.3. The third kappa shape index (κ3) is 5.02. The normalized spacial score (nSPS) is 22.9. The molecule has 122 valence electrons. The first-order chi connectivity index (χ1) is 10.6. The monoisotopic (exact) mass is 304 g/mol. The summed E-state index contributed by atoms with van der Waals surface area (Å²) in [6, 6.07) is 8.20. The van der Waals surface area contributed by atoms with Crippen molar-refractivity contribution >= 4 is 6.03 Å². The lowest BCUT2D eigenvalue weighted by atomic mass is 9.87. The molecule has 0 aliphatic heterocycles. The number of nitrogens with one attached hydrogen (secondary N) is 2. The van der Waals surface area contributed by atoms with E-state index in [0.29, 0.717) is 12.5 Å². The molecule has 1 aliphatic carbocycles. The second kappa shape index (κ2) is 8.18. The van der Waals surface area contributed by atoms with Gasteiger partial charge in [0.2, 0.25) is 0 Å². The third-order valence-electron chi connectivity index (χ3n) is 4.50. The maximum Gasteiger partial charge on any atom is 0.315 e. The van der Waals surface area contributed by atoms with Crippen molar-refractivity contribution in [2.75, 3.05) is 6.54 Å². The number of urea groups is 1. The molecule has 0 heterocycles. The molecule has 22 heavy (non-hydrogen) atoms. The van der Waals surface area contributed by atoms with Gasteiger partial charge in [-0.3, -0.25) is 0 Å². The molecule has 1 aliphatic rings. The number of hydrogen-bond donors (Lipinski definition) is 3. The Hall–Kier alpha value is -1.55. The van der Waals surface area contributed by atoms with E-state index in [4.69, 9.17) is 0 Å². The average Bonchev–Trinajstić information content (AvgIpc) is 2.52. The first kappa shape index (κ1) is 16.8. The number of hydrogen-bond acceptors (Lipinski definition) is 2. The lowest BCUT2D eigenvalue weighted by Crippen LogP contribution is -2.41. The Kier molecular flexibility index (Phi) is 6.25. The van der Waals surface area contributed by atoms with Crippen molar-refractivity contribution in [3.63, 3.8) is 0 Å². The van der Waals surface area contributed by atoms with E-state index in [1.165, 1.54) is 5.56 Å². The molecule has 0 spiro atoms. The Labute approximate surface area is 133 Å². The van der Waals surface area contributed by atoms with E-state index in [1.54, 1.807) is 0 Å². The molecule has 3 atom stereocenters. The molecule has 2 amide bonds. The van der Waals surface area contributed by atoms with Crippen molar-refractivity contribution in [3.8, 4) is 0 Å². The summed E-state index contributed by atoms with van der Waals surface area (Å²) in [4.78, 5) is 12.1. The van der Waals surface area contributed by atoms with Crippen LogP contribution in [0.15, 0.2) is 24.3 Å². The lowest BCUT2D eigenvalue weighted by molar-refractivity contribution is 0.101. The van der Waals surface area contributed by atoms with Crippen LogP contribution >= 0.6 is 0 Å². The zero-order valence-corrected chi connectivity index (χ0v) is 13.6. The highest BCUT2D eigenvalue weighted by Gasteiger charge is 2.21. The first-order valence-corrected chi connectivity index (χ1v) is 8.37. The molecule has 1 saturated carbocycles. The topological polar surface area (TPSA) is 61.4 Å². The van der Waals surface area contributed by atoms with Gasteiger partial charge in [-0.1, -0.05) is 43.2 Å². The van der Waals surface area contributed by atoms with Gasteiger partial charge in [0.1, 0.15) is 0 Å². The Morgan fingerprint density at radius 2 is 2.05 bits per heavy atom. The summed E-state index contributed by atoms with van der Waals surface area (Å²) in [5, 5.41) is 15.7. The number of carbonyl (C=O) groups excluding carboxylic acids is 1. The van der Waals surface area contributed by atoms with Crippen molar-refractivity contribution in [1.29, 1.82) is 0 Å². The van der Waals surface area contributed by atoms with Crippen molar-refractivity contribution in [2.45, 2.75) is 58.1 Å². The number of aliphatic hydroxyl groups is 1. The van der Waals surface area contributed by atoms with Crippen LogP contribution in [0.25, 0.3) is 0 Å². The Morgan fingerprint density at radius 3 is 2.68 bits per heavy atom. The van der Waals surface area contributed by atoms with Gasteiger partial charge >= 0.3 is 6.03 Å². The van der Waals surface area contributed by atoms with Crippen LogP contribution in [0.1, 0.15) is 56.2 Å². The van der Waals surface area contributed by atoms with Gasteiger partial charge in [0.25, 0.3) is 0 Å². The average molecular weight is 304 g/mol. The van der Waals surface area contributed by atoms with Crippen LogP contribution in [0.2, 0.25) is 0 Å². The van der Waals surface area contributed by atoms with E-state index in [-0.39, 0.29) is 18.2 Å². The third-order valence-corrected chi connectivity index (χ3v) is 4.50. The van der Waals surface area contributed by atoms with Gasteiger partial charge in [-0.15, -0.1) is 0 Å². The Balaban J connectivity index is 1.80. The van der Waals surface area contributed by atoms with Gasteiger partial charge in [0.05, 0.1) is 12.1 Å². The Bertz CT molecular complexity index is 472. The van der Waals surface area contributed by atoms with Crippen LogP contribution in [-0.2, 0) is 0 Å². The first-order valence-electron chi connectivity index (χ1n) is 8.37. The van der Waals surface area contributed by atoms with Gasteiger partial charge in [0.15, 0.2) is 0 Å². The van der Waals surface area contributed by atoms with Crippen LogP contribution < -0.4 is 10.6 Å². The minimum Gasteiger partial charge on any atom is -0.393 e. The number of aryl methyl sites for hydroxylation is 1. The number of amides is 2. The van der Waals surface area contributed by atoms with Gasteiger partial charge < -0.3 is 15.7 Å². The fraction of sp³-hybridized carbons (Fsp3) is 0.611. The molecule has 0 radical (unpaired) electrons. The van der Waals surface area contributed by atoms with Gasteiger partial charge in [-0.2, -0.15) is 0 Å². The van der Waals surface area contributed by atoms with Gasteiger partial charge in [-0.05, 0) is 44.1 Å². The molecule has 1 fully saturated rings. The van der Waals surface area contributed by atoms with E-state index in [2.05, 4.69) is 48.7 Å². The fourth-order valence-electron chi connectivity index (χ4n) is 3.11. The van der Waals surface area contributed by atoms with Gasteiger partial charge in [-0.25, -0.2) is 4.79 Å². The molecular weight excluding hydrogens is 276 g/mol. The van der Waals surface area contributed by atoms with E-state index >= 15 is 0 Å². The number of aliphatic hydroxyl groups excluding tert-OH is 1. The van der Waals surface area contributed by atoms with E-state index in [0.717, 1.165) is 37.7 Å². The molecule has 4 heteroatoms. The van der Waals surface area contributed by atoms with E-state index in [9.17, 15) is 9.90 Å². The summed E-state index contributed by atoms with van der Waals surface area (Å²) in [6.07, 6.45) is 4.50. The van der Waals surface area contributed by atoms with Gasteiger partial charge in [0, 0.05) is 6.54 Å². The predicted molar refractivity (Wildman–Crippen MR) is 88.7 cm³/mol. The molecule has 0 saturated heterocycles. The van der Waals surface area contributed by atoms with Crippen molar-refractivity contribution < 1.29 is 9.90 Å². The number of carbonyl (C=O) groups is 1. The second-order valence-corrected chi connectivity index (χ2v) is 6.41. The summed E-state index contributed by atoms with van der Waals surface area (Å²) < 4.78 is 0. The molecule has 3 N–H and O–H groups in total. The summed E-state index contributed by atoms with van der Waals surface area (Å²) in [7, 11) is 0. The highest BCUT2D eigenvalue weighted by Crippen LogP contribution is 2.23. The van der Waals surface area contributed by atoms with Crippen LogP contribution in [-0.4, -0.2) is 23.8 Å². The van der Waals surface area contributed by atoms with E-state index < -0.39 is 0 Å². The molecule has 4 nitrogen and oxygen atoms in total. The molecule has 2 rings (SSSR count). The zero-order chi connectivity index (χ0) is 15.9. The highest BCUT2D eigenvalue weighted by molar-refractivity contribution is 5.74. The van der Waals surface area contributed by atoms with Crippen molar-refractivity contribution in [3.05, 3.63) is 35.4 Å². The summed E-state index contributed by atoms with van der Waals surface area (Å²) in [5.74, 6) is 0.397.